The van der Waals surface area contributed by atoms with Crippen LogP contribution >= 0.6 is 0 Å². The average Bonchev–Trinajstić information content (AvgIpc) is 3.10. The molecule has 7 nitrogen and oxygen atoms in total. The molecule has 0 saturated heterocycles. The van der Waals surface area contributed by atoms with Crippen molar-refractivity contribution < 1.29 is 9.72 Å². The number of pyridine rings is 1. The van der Waals surface area contributed by atoms with Crippen molar-refractivity contribution in [3.63, 3.8) is 0 Å². The number of nitrogen functional groups attached to an aromatic ring is 1. The number of nitrogens with two attached hydrogens (primary N) is 1. The van der Waals surface area contributed by atoms with Crippen LogP contribution in [0.2, 0.25) is 0 Å². The third kappa shape index (κ3) is 2.68. The van der Waals surface area contributed by atoms with Crippen molar-refractivity contribution >= 4 is 17.4 Å². The first-order valence-corrected chi connectivity index (χ1v) is 5.26. The minimum absolute atomic E-state index is 0.00361. The molecule has 7 heteroatoms. The molecule has 0 aliphatic heterocycles. The zero-order valence-electron chi connectivity index (χ0n) is 9.05. The number of nitrogens with one attached hydrogen (secondary N) is 1. The number of hydrogen-bond donors (Lipinski definition) is 2. The first-order valence-electron chi connectivity index (χ1n) is 5.26. The van der Waals surface area contributed by atoms with Gasteiger partial charge in [0.15, 0.2) is 0 Å². The molecular formula is C10H12N4O3. The molecule has 0 radical (unpaired) electrons. The monoisotopic (exact) mass is 236 g/mol. The van der Waals surface area contributed by atoms with E-state index in [9.17, 15) is 14.9 Å². The molecule has 3 N–H and O–H groups in total. The summed E-state index contributed by atoms with van der Waals surface area (Å²) in [6.45, 7) is 0.584. The van der Waals surface area contributed by atoms with Gasteiger partial charge < -0.3 is 11.1 Å². The van der Waals surface area contributed by atoms with Gasteiger partial charge in [-0.25, -0.2) is 4.98 Å². The van der Waals surface area contributed by atoms with E-state index in [2.05, 4.69) is 10.3 Å². The Labute approximate surface area is 97.2 Å². The molecule has 0 unspecified atom stereocenters. The second-order valence-corrected chi connectivity index (χ2v) is 4.04. The van der Waals surface area contributed by atoms with Crippen LogP contribution in [0.3, 0.4) is 0 Å². The molecule has 0 spiro atoms. The normalized spacial score (nSPS) is 14.4. The van der Waals surface area contributed by atoms with Crippen LogP contribution in [0.15, 0.2) is 12.3 Å². The van der Waals surface area contributed by atoms with E-state index in [4.69, 9.17) is 5.73 Å². The van der Waals surface area contributed by atoms with Gasteiger partial charge in [-0.3, -0.25) is 14.9 Å². The lowest BCUT2D eigenvalue weighted by Crippen LogP contribution is -2.26. The van der Waals surface area contributed by atoms with Gasteiger partial charge in [0.2, 0.25) is 0 Å². The van der Waals surface area contributed by atoms with Crippen LogP contribution in [-0.2, 0) is 0 Å². The fourth-order valence-electron chi connectivity index (χ4n) is 1.40. The third-order valence-electron chi connectivity index (χ3n) is 2.61. The molecule has 1 amide bonds. The summed E-state index contributed by atoms with van der Waals surface area (Å²) in [7, 11) is 0. The van der Waals surface area contributed by atoms with Crippen molar-refractivity contribution in [1.29, 1.82) is 0 Å². The Morgan fingerprint density at radius 2 is 2.35 bits per heavy atom. The summed E-state index contributed by atoms with van der Waals surface area (Å²) in [5.41, 5.74) is 5.33. The lowest BCUT2D eigenvalue weighted by Gasteiger charge is -2.05. The second-order valence-electron chi connectivity index (χ2n) is 4.04. The predicted octanol–water partition coefficient (Wildman–Crippen LogP) is 0.712. The van der Waals surface area contributed by atoms with E-state index in [1.54, 1.807) is 0 Å². The van der Waals surface area contributed by atoms with Crippen LogP contribution in [0.25, 0.3) is 0 Å². The minimum Gasteiger partial charge on any atom is -0.383 e. The zero-order chi connectivity index (χ0) is 12.4. The van der Waals surface area contributed by atoms with Gasteiger partial charge in [-0.05, 0) is 18.8 Å². The van der Waals surface area contributed by atoms with Gasteiger partial charge in [0, 0.05) is 12.6 Å². The molecule has 0 bridgehead atoms. The van der Waals surface area contributed by atoms with E-state index in [0.29, 0.717) is 12.5 Å². The summed E-state index contributed by atoms with van der Waals surface area (Å²) in [4.78, 5) is 25.3. The molecule has 2 rings (SSSR count). The average molecular weight is 236 g/mol. The predicted molar refractivity (Wildman–Crippen MR) is 60.4 cm³/mol. The first kappa shape index (κ1) is 11.3. The number of nitro groups is 1. The van der Waals surface area contributed by atoms with Crippen molar-refractivity contribution in [2.75, 3.05) is 12.3 Å². The fraction of sp³-hybridized carbons (Fsp3) is 0.400. The molecule has 1 heterocycles. The van der Waals surface area contributed by atoms with Crippen molar-refractivity contribution in [3.8, 4) is 0 Å². The summed E-state index contributed by atoms with van der Waals surface area (Å²) in [5.74, 6) is 0.126. The SMILES string of the molecule is Nc1ncc([N+](=O)[O-])cc1C(=O)NCC1CC1. The highest BCUT2D eigenvalue weighted by molar-refractivity contribution is 5.98. The molecule has 17 heavy (non-hydrogen) atoms. The molecule has 1 aliphatic rings. The Balaban J connectivity index is 2.13. The van der Waals surface area contributed by atoms with Gasteiger partial charge in [-0.1, -0.05) is 0 Å². The summed E-state index contributed by atoms with van der Waals surface area (Å²) < 4.78 is 0. The number of aromatic nitrogens is 1. The summed E-state index contributed by atoms with van der Waals surface area (Å²) >= 11 is 0. The maximum Gasteiger partial charge on any atom is 0.288 e. The number of carbonyl (C=O) groups excluding carboxylic acids is 1. The van der Waals surface area contributed by atoms with E-state index < -0.39 is 10.8 Å². The lowest BCUT2D eigenvalue weighted by molar-refractivity contribution is -0.385. The number of amides is 1. The standard InChI is InChI=1S/C10H12N4O3/c11-9-8(3-7(5-12-9)14(16)17)10(15)13-4-6-1-2-6/h3,5-6H,1-2,4H2,(H2,11,12)(H,13,15). The summed E-state index contributed by atoms with van der Waals surface area (Å²) in [6.07, 6.45) is 3.26. The number of anilines is 1. The summed E-state index contributed by atoms with van der Waals surface area (Å²) in [6, 6.07) is 1.14. The van der Waals surface area contributed by atoms with Crippen molar-refractivity contribution in [2.45, 2.75) is 12.8 Å². The van der Waals surface area contributed by atoms with Gasteiger partial charge in [0.25, 0.3) is 11.6 Å². The molecule has 90 valence electrons. The van der Waals surface area contributed by atoms with E-state index in [-0.39, 0.29) is 17.1 Å². The zero-order valence-corrected chi connectivity index (χ0v) is 9.05. The van der Waals surface area contributed by atoms with Gasteiger partial charge in [0.1, 0.15) is 12.0 Å². The fourth-order valence-corrected chi connectivity index (χ4v) is 1.40. The van der Waals surface area contributed by atoms with Crippen LogP contribution in [0.1, 0.15) is 23.2 Å². The van der Waals surface area contributed by atoms with Crippen LogP contribution in [-0.4, -0.2) is 22.4 Å². The Morgan fingerprint density at radius 1 is 1.65 bits per heavy atom. The maximum absolute atomic E-state index is 11.7. The van der Waals surface area contributed by atoms with Crippen LogP contribution in [0.4, 0.5) is 11.5 Å². The summed E-state index contributed by atoms with van der Waals surface area (Å²) in [5, 5.41) is 13.2. The van der Waals surface area contributed by atoms with Crippen LogP contribution in [0, 0.1) is 16.0 Å². The highest BCUT2D eigenvalue weighted by Crippen LogP contribution is 2.27. The number of hydrogen-bond acceptors (Lipinski definition) is 5. The Bertz CT molecular complexity index is 471. The largest absolute Gasteiger partial charge is 0.383 e. The smallest absolute Gasteiger partial charge is 0.288 e. The molecular weight excluding hydrogens is 224 g/mol. The molecule has 1 fully saturated rings. The molecule has 1 saturated carbocycles. The molecule has 1 aliphatic carbocycles. The quantitative estimate of drug-likeness (QED) is 0.590. The van der Waals surface area contributed by atoms with E-state index in [0.717, 1.165) is 25.1 Å². The van der Waals surface area contributed by atoms with Gasteiger partial charge in [-0.15, -0.1) is 0 Å². The van der Waals surface area contributed by atoms with E-state index >= 15 is 0 Å². The molecule has 1 aromatic rings. The molecule has 1 aromatic heterocycles. The number of carbonyl (C=O) groups is 1. The highest BCUT2D eigenvalue weighted by atomic mass is 16.6. The van der Waals surface area contributed by atoms with Crippen molar-refractivity contribution in [3.05, 3.63) is 27.9 Å². The maximum atomic E-state index is 11.7. The number of nitrogens with zero attached hydrogens (tertiary/aromatic N) is 2. The van der Waals surface area contributed by atoms with Gasteiger partial charge >= 0.3 is 0 Å². The molecule has 0 atom stereocenters. The highest BCUT2D eigenvalue weighted by Gasteiger charge is 2.23. The minimum atomic E-state index is -0.607. The Kier molecular flexibility index (Phi) is 2.90. The van der Waals surface area contributed by atoms with E-state index in [1.165, 1.54) is 0 Å². The number of rotatable bonds is 4. The lowest BCUT2D eigenvalue weighted by atomic mass is 10.2. The topological polar surface area (TPSA) is 111 Å². The van der Waals surface area contributed by atoms with Crippen molar-refractivity contribution in [1.82, 2.24) is 10.3 Å². The first-order chi connectivity index (χ1) is 8.08. The van der Waals surface area contributed by atoms with Crippen molar-refractivity contribution in [2.24, 2.45) is 5.92 Å². The van der Waals surface area contributed by atoms with E-state index in [1.807, 2.05) is 0 Å². The third-order valence-corrected chi connectivity index (χ3v) is 2.61. The van der Waals surface area contributed by atoms with Gasteiger partial charge in [-0.2, -0.15) is 0 Å². The molecule has 0 aromatic carbocycles. The van der Waals surface area contributed by atoms with Crippen LogP contribution in [0.5, 0.6) is 0 Å². The Hall–Kier alpha value is -2.18. The Morgan fingerprint density at radius 3 is 2.94 bits per heavy atom. The second kappa shape index (κ2) is 4.36. The van der Waals surface area contributed by atoms with Crippen LogP contribution < -0.4 is 11.1 Å². The van der Waals surface area contributed by atoms with Gasteiger partial charge in [0.05, 0.1) is 10.5 Å².